The summed E-state index contributed by atoms with van der Waals surface area (Å²) in [6.07, 6.45) is 3.74. The molecule has 0 saturated carbocycles. The van der Waals surface area contributed by atoms with Crippen molar-refractivity contribution in [1.82, 2.24) is 10.0 Å². The van der Waals surface area contributed by atoms with E-state index in [9.17, 15) is 18.6 Å². The monoisotopic (exact) mass is 341 g/mol. The minimum Gasteiger partial charge on any atom is -0.475 e. The van der Waals surface area contributed by atoms with Gasteiger partial charge in [0, 0.05) is 31.0 Å². The van der Waals surface area contributed by atoms with E-state index in [1.54, 1.807) is 0 Å². The SMILES string of the molecule is NCCCCCCNC(=O)CCC(=O)NSP(F)C(=O)O. The topological polar surface area (TPSA) is 122 Å². The molecule has 0 aromatic rings. The molecule has 0 aromatic heterocycles. The van der Waals surface area contributed by atoms with Crippen LogP contribution >= 0.6 is 19.0 Å². The minimum absolute atomic E-state index is 0.00746. The van der Waals surface area contributed by atoms with Gasteiger partial charge in [0.05, 0.1) is 0 Å². The highest BCUT2D eigenvalue weighted by molar-refractivity contribution is 8.57. The Bertz CT molecular complexity index is 349. The van der Waals surface area contributed by atoms with E-state index in [0.717, 1.165) is 25.7 Å². The fourth-order valence-corrected chi connectivity index (χ4v) is 2.49. The van der Waals surface area contributed by atoms with Gasteiger partial charge in [-0.1, -0.05) is 12.8 Å². The predicted molar refractivity (Wildman–Crippen MR) is 81.6 cm³/mol. The van der Waals surface area contributed by atoms with Crippen LogP contribution in [0.3, 0.4) is 0 Å². The maximum absolute atomic E-state index is 12.7. The van der Waals surface area contributed by atoms with Crippen LogP contribution < -0.4 is 15.8 Å². The highest BCUT2D eigenvalue weighted by Crippen LogP contribution is 2.49. The second-order valence-electron chi connectivity index (χ2n) is 4.20. The number of nitrogens with two attached hydrogens (primary N) is 1. The van der Waals surface area contributed by atoms with Crippen LogP contribution in [0.2, 0.25) is 0 Å². The molecule has 0 heterocycles. The molecule has 0 aliphatic rings. The Morgan fingerprint density at radius 1 is 1.10 bits per heavy atom. The molecular formula is C11H21FN3O4PS. The molecule has 10 heteroatoms. The van der Waals surface area contributed by atoms with Gasteiger partial charge < -0.3 is 16.2 Å². The van der Waals surface area contributed by atoms with Crippen LogP contribution in [0.4, 0.5) is 8.99 Å². The van der Waals surface area contributed by atoms with Crippen LogP contribution in [0.15, 0.2) is 0 Å². The Kier molecular flexibility index (Phi) is 12.2. The highest BCUT2D eigenvalue weighted by atomic mass is 32.7. The third-order valence-electron chi connectivity index (χ3n) is 2.42. The van der Waals surface area contributed by atoms with Crippen molar-refractivity contribution in [3.63, 3.8) is 0 Å². The summed E-state index contributed by atoms with van der Waals surface area (Å²) in [5.74, 6) is -0.820. The quantitative estimate of drug-likeness (QED) is 0.245. The molecule has 0 aliphatic heterocycles. The maximum atomic E-state index is 12.7. The molecule has 5 N–H and O–H groups in total. The number of unbranched alkanes of at least 4 members (excludes halogenated alkanes) is 3. The lowest BCUT2D eigenvalue weighted by molar-refractivity contribution is -0.125. The summed E-state index contributed by atoms with van der Waals surface area (Å²) < 4.78 is 14.8. The fourth-order valence-electron chi connectivity index (χ4n) is 1.35. The number of carbonyl (C=O) groups excluding carboxylic acids is 2. The van der Waals surface area contributed by atoms with E-state index in [0.29, 0.717) is 13.1 Å². The van der Waals surface area contributed by atoms with Gasteiger partial charge in [-0.15, -0.1) is 0 Å². The molecule has 0 aliphatic carbocycles. The maximum Gasteiger partial charge on any atom is 0.370 e. The number of hydrogen-bond donors (Lipinski definition) is 4. The first-order valence-corrected chi connectivity index (χ1v) is 9.24. The van der Waals surface area contributed by atoms with Gasteiger partial charge in [0.2, 0.25) is 11.8 Å². The molecule has 1 atom stereocenters. The molecule has 0 spiro atoms. The zero-order chi connectivity index (χ0) is 16.1. The summed E-state index contributed by atoms with van der Waals surface area (Å²) in [6.45, 7) is 1.22. The normalized spacial score (nSPS) is 11.7. The number of hydrogen-bond acceptors (Lipinski definition) is 5. The van der Waals surface area contributed by atoms with Gasteiger partial charge in [0.1, 0.15) is 0 Å². The molecule has 0 rings (SSSR count). The zero-order valence-corrected chi connectivity index (χ0v) is 13.4. The smallest absolute Gasteiger partial charge is 0.370 e. The van der Waals surface area contributed by atoms with Gasteiger partial charge >= 0.3 is 5.71 Å². The van der Waals surface area contributed by atoms with E-state index in [1.165, 1.54) is 0 Å². The van der Waals surface area contributed by atoms with Crippen molar-refractivity contribution >= 4 is 36.5 Å². The summed E-state index contributed by atoms with van der Waals surface area (Å²) in [5.41, 5.74) is 3.76. The van der Waals surface area contributed by atoms with Crippen LogP contribution in [0.1, 0.15) is 38.5 Å². The molecule has 0 radical (unpaired) electrons. The number of nitrogens with one attached hydrogen (secondary N) is 2. The Labute approximate surface area is 128 Å². The van der Waals surface area contributed by atoms with Crippen molar-refractivity contribution < 1.29 is 23.7 Å². The number of rotatable bonds is 12. The van der Waals surface area contributed by atoms with Crippen molar-refractivity contribution in [2.75, 3.05) is 13.1 Å². The van der Waals surface area contributed by atoms with Gasteiger partial charge in [-0.05, 0) is 19.4 Å². The van der Waals surface area contributed by atoms with Crippen molar-refractivity contribution in [3.05, 3.63) is 0 Å². The standard InChI is InChI=1S/C11H21FN3O4PS/c12-20(11(18)19)21-15-10(17)6-5-9(16)14-8-4-2-1-3-7-13/h1-8,13H2,(H,14,16)(H,15,17)(H,18,19). The molecule has 122 valence electrons. The van der Waals surface area contributed by atoms with E-state index in [2.05, 4.69) is 10.0 Å². The molecular weight excluding hydrogens is 320 g/mol. The van der Waals surface area contributed by atoms with Gasteiger partial charge in [-0.3, -0.25) is 14.3 Å². The number of carbonyl (C=O) groups is 3. The first-order valence-electron chi connectivity index (χ1n) is 6.58. The van der Waals surface area contributed by atoms with Crippen molar-refractivity contribution in [3.8, 4) is 0 Å². The molecule has 0 saturated heterocycles. The van der Waals surface area contributed by atoms with Gasteiger partial charge in [-0.25, -0.2) is 8.99 Å². The van der Waals surface area contributed by atoms with Crippen LogP contribution in [-0.4, -0.2) is 35.7 Å². The van der Waals surface area contributed by atoms with Crippen LogP contribution in [0, 0.1) is 0 Å². The van der Waals surface area contributed by atoms with Crippen LogP contribution in [0.5, 0.6) is 0 Å². The predicted octanol–water partition coefficient (Wildman–Crippen LogP) is 2.13. The first-order chi connectivity index (χ1) is 9.97. The van der Waals surface area contributed by atoms with E-state index < -0.39 is 19.1 Å². The summed E-state index contributed by atoms with van der Waals surface area (Å²) >= 11 is 0.230. The van der Waals surface area contributed by atoms with Crippen molar-refractivity contribution in [2.24, 2.45) is 5.73 Å². The first kappa shape index (κ1) is 20.1. The fraction of sp³-hybridized carbons (Fsp3) is 0.727. The highest BCUT2D eigenvalue weighted by Gasteiger charge is 2.19. The molecule has 0 aromatic carbocycles. The third-order valence-corrected chi connectivity index (χ3v) is 4.43. The molecule has 0 bridgehead atoms. The lowest BCUT2D eigenvalue weighted by Crippen LogP contribution is -2.26. The summed E-state index contributed by atoms with van der Waals surface area (Å²) in [4.78, 5) is 32.9. The van der Waals surface area contributed by atoms with E-state index in [-0.39, 0.29) is 30.3 Å². The Morgan fingerprint density at radius 2 is 1.71 bits per heavy atom. The third kappa shape index (κ3) is 12.5. The summed E-state index contributed by atoms with van der Waals surface area (Å²) in [7, 11) is -2.82. The average Bonchev–Trinajstić information content (AvgIpc) is 2.45. The second kappa shape index (κ2) is 12.8. The van der Waals surface area contributed by atoms with Crippen molar-refractivity contribution in [2.45, 2.75) is 38.5 Å². The van der Waals surface area contributed by atoms with Crippen LogP contribution in [-0.2, 0) is 9.59 Å². The van der Waals surface area contributed by atoms with E-state index in [1.807, 2.05) is 0 Å². The Hall–Kier alpha value is -0.920. The zero-order valence-electron chi connectivity index (χ0n) is 11.6. The second-order valence-corrected chi connectivity index (χ2v) is 6.97. The molecule has 2 amide bonds. The minimum atomic E-state index is -2.82. The lowest BCUT2D eigenvalue weighted by Gasteiger charge is -2.06. The van der Waals surface area contributed by atoms with Crippen molar-refractivity contribution in [1.29, 1.82) is 0 Å². The molecule has 21 heavy (non-hydrogen) atoms. The summed E-state index contributed by atoms with van der Waals surface area (Å²) in [6, 6.07) is 0. The number of amides is 2. The van der Waals surface area contributed by atoms with Gasteiger partial charge in [0.25, 0.3) is 7.43 Å². The summed E-state index contributed by atoms with van der Waals surface area (Å²) in [5, 5.41) is 11.0. The van der Waals surface area contributed by atoms with Crippen LogP contribution in [0.25, 0.3) is 0 Å². The van der Waals surface area contributed by atoms with E-state index in [4.69, 9.17) is 10.8 Å². The Balaban J connectivity index is 3.55. The van der Waals surface area contributed by atoms with E-state index >= 15 is 0 Å². The Morgan fingerprint density at radius 3 is 2.33 bits per heavy atom. The molecule has 7 nitrogen and oxygen atoms in total. The largest absolute Gasteiger partial charge is 0.475 e. The lowest BCUT2D eigenvalue weighted by atomic mass is 10.2. The average molecular weight is 341 g/mol. The van der Waals surface area contributed by atoms with Gasteiger partial charge in [0.15, 0.2) is 0 Å². The number of halogens is 1. The molecule has 1 unspecified atom stereocenters. The van der Waals surface area contributed by atoms with Gasteiger partial charge in [-0.2, -0.15) is 0 Å². The number of carboxylic acid groups (broad SMARTS) is 1. The molecule has 0 fully saturated rings.